The van der Waals surface area contributed by atoms with Crippen LogP contribution in [0.1, 0.15) is 41.5 Å². The molecule has 0 aromatic heterocycles. The minimum Gasteiger partial charge on any atom is -0.319 e. The lowest BCUT2D eigenvalue weighted by Crippen LogP contribution is -2.44. The number of benzene rings is 2. The molecule has 4 heteroatoms. The molecule has 1 aliphatic heterocycles. The normalized spacial score (nSPS) is 22.7. The first kappa shape index (κ1) is 15.9. The Balaban J connectivity index is 1.70. The minimum absolute atomic E-state index is 0.118. The first-order chi connectivity index (χ1) is 12.1. The summed E-state index contributed by atoms with van der Waals surface area (Å²) in [4.78, 5) is 27.3. The maximum atomic E-state index is 13.3. The summed E-state index contributed by atoms with van der Waals surface area (Å²) in [5.74, 6) is -0.118. The van der Waals surface area contributed by atoms with Gasteiger partial charge in [-0.1, -0.05) is 54.1 Å². The molecule has 128 valence electrons. The van der Waals surface area contributed by atoms with E-state index in [9.17, 15) is 9.59 Å². The van der Waals surface area contributed by atoms with Crippen LogP contribution in [0.25, 0.3) is 0 Å². The van der Waals surface area contributed by atoms with Gasteiger partial charge in [0.2, 0.25) is 0 Å². The third-order valence-corrected chi connectivity index (χ3v) is 5.36. The molecule has 1 aliphatic carbocycles. The molecule has 0 saturated carbocycles. The third-order valence-electron chi connectivity index (χ3n) is 5.36. The molecule has 1 atom stereocenters. The van der Waals surface area contributed by atoms with Gasteiger partial charge in [0.15, 0.2) is 0 Å². The van der Waals surface area contributed by atoms with Crippen LogP contribution in [-0.2, 0) is 23.3 Å². The Labute approximate surface area is 147 Å². The average Bonchev–Trinajstić information content (AvgIpc) is 2.76. The van der Waals surface area contributed by atoms with Crippen molar-refractivity contribution >= 4 is 11.9 Å². The zero-order valence-corrected chi connectivity index (χ0v) is 14.4. The van der Waals surface area contributed by atoms with Gasteiger partial charge >= 0.3 is 6.03 Å². The topological polar surface area (TPSA) is 49.4 Å². The van der Waals surface area contributed by atoms with Gasteiger partial charge in [0.05, 0.1) is 6.54 Å². The van der Waals surface area contributed by atoms with Gasteiger partial charge in [-0.05, 0) is 49.3 Å². The van der Waals surface area contributed by atoms with Crippen LogP contribution in [0.15, 0.2) is 48.5 Å². The smallest absolute Gasteiger partial charge is 0.319 e. The second-order valence-corrected chi connectivity index (χ2v) is 7.08. The number of nitrogens with zero attached hydrogens (tertiary/aromatic N) is 1. The second-order valence-electron chi connectivity index (χ2n) is 7.08. The number of urea groups is 1. The highest BCUT2D eigenvalue weighted by Crippen LogP contribution is 2.39. The highest BCUT2D eigenvalue weighted by atomic mass is 16.2. The number of carbonyl (C=O) groups is 2. The molecule has 1 heterocycles. The number of hydrogen-bond acceptors (Lipinski definition) is 2. The van der Waals surface area contributed by atoms with E-state index in [0.29, 0.717) is 13.0 Å². The Bertz CT molecular complexity index is 828. The lowest BCUT2D eigenvalue weighted by molar-refractivity contribution is -0.132. The molecule has 2 aromatic rings. The van der Waals surface area contributed by atoms with E-state index < -0.39 is 5.54 Å². The third kappa shape index (κ3) is 2.62. The van der Waals surface area contributed by atoms with E-state index in [1.54, 1.807) is 0 Å². The van der Waals surface area contributed by atoms with Gasteiger partial charge in [-0.25, -0.2) is 4.79 Å². The van der Waals surface area contributed by atoms with Gasteiger partial charge in [0.1, 0.15) is 5.54 Å². The molecule has 1 spiro atoms. The van der Waals surface area contributed by atoms with E-state index >= 15 is 0 Å². The lowest BCUT2D eigenvalue weighted by Gasteiger charge is -2.27. The van der Waals surface area contributed by atoms with E-state index in [1.807, 2.05) is 49.4 Å². The van der Waals surface area contributed by atoms with Crippen LogP contribution in [0.5, 0.6) is 0 Å². The van der Waals surface area contributed by atoms with Gasteiger partial charge in [-0.2, -0.15) is 0 Å². The van der Waals surface area contributed by atoms with E-state index in [0.717, 1.165) is 36.0 Å². The number of imide groups is 1. The van der Waals surface area contributed by atoms with Gasteiger partial charge in [0, 0.05) is 0 Å². The fourth-order valence-corrected chi connectivity index (χ4v) is 3.99. The molecule has 4 nitrogen and oxygen atoms in total. The molecule has 4 rings (SSSR count). The van der Waals surface area contributed by atoms with Crippen molar-refractivity contribution in [2.75, 3.05) is 0 Å². The van der Waals surface area contributed by atoms with Crippen molar-refractivity contribution in [3.8, 4) is 0 Å². The van der Waals surface area contributed by atoms with Crippen molar-refractivity contribution in [1.29, 1.82) is 0 Å². The van der Waals surface area contributed by atoms with Crippen LogP contribution in [0.2, 0.25) is 0 Å². The number of nitrogens with one attached hydrogen (secondary N) is 1. The SMILES string of the molecule is Cc1ccc(CN2C(=O)NC3(CCCCc4ccccc43)C2=O)cc1. The van der Waals surface area contributed by atoms with Crippen molar-refractivity contribution < 1.29 is 9.59 Å². The number of carbonyl (C=O) groups excluding carboxylic acids is 2. The summed E-state index contributed by atoms with van der Waals surface area (Å²) in [6, 6.07) is 15.7. The van der Waals surface area contributed by atoms with Gasteiger partial charge in [-0.15, -0.1) is 0 Å². The van der Waals surface area contributed by atoms with Crippen LogP contribution in [0.4, 0.5) is 4.79 Å². The van der Waals surface area contributed by atoms with Crippen molar-refractivity contribution in [2.24, 2.45) is 0 Å². The second kappa shape index (κ2) is 6.03. The molecular formula is C21H22N2O2. The number of fused-ring (bicyclic) bond motifs is 2. The summed E-state index contributed by atoms with van der Waals surface area (Å²) in [5.41, 5.74) is 3.38. The molecule has 1 fully saturated rings. The fraction of sp³-hybridized carbons (Fsp3) is 0.333. The largest absolute Gasteiger partial charge is 0.325 e. The maximum Gasteiger partial charge on any atom is 0.325 e. The molecule has 25 heavy (non-hydrogen) atoms. The molecule has 3 amide bonds. The van der Waals surface area contributed by atoms with Crippen molar-refractivity contribution in [3.05, 3.63) is 70.8 Å². The molecule has 1 saturated heterocycles. The van der Waals surface area contributed by atoms with Crippen LogP contribution in [0, 0.1) is 6.92 Å². The standard InChI is InChI=1S/C21H22N2O2/c1-15-9-11-16(12-10-15)14-23-19(24)21(22-20(23)25)13-5-4-7-17-6-2-3-8-18(17)21/h2-3,6,8-12H,4-5,7,13-14H2,1H3,(H,22,25). The molecule has 2 aromatic carbocycles. The van der Waals surface area contributed by atoms with Gasteiger partial charge in [0.25, 0.3) is 5.91 Å². The Morgan fingerprint density at radius 1 is 1.04 bits per heavy atom. The summed E-state index contributed by atoms with van der Waals surface area (Å²) in [6.45, 7) is 2.34. The summed E-state index contributed by atoms with van der Waals surface area (Å²) >= 11 is 0. The number of amides is 3. The average molecular weight is 334 g/mol. The molecule has 1 N–H and O–H groups in total. The molecule has 0 radical (unpaired) electrons. The molecular weight excluding hydrogens is 312 g/mol. The lowest BCUT2D eigenvalue weighted by atomic mass is 9.84. The van der Waals surface area contributed by atoms with Crippen molar-refractivity contribution in [1.82, 2.24) is 10.2 Å². The highest BCUT2D eigenvalue weighted by molar-refractivity contribution is 6.07. The van der Waals surface area contributed by atoms with E-state index in [1.165, 1.54) is 10.5 Å². The Morgan fingerprint density at radius 2 is 1.80 bits per heavy atom. The fourth-order valence-electron chi connectivity index (χ4n) is 3.99. The van der Waals surface area contributed by atoms with Crippen molar-refractivity contribution in [3.63, 3.8) is 0 Å². The van der Waals surface area contributed by atoms with Crippen LogP contribution in [-0.4, -0.2) is 16.8 Å². The molecule has 2 aliphatic rings. The summed E-state index contributed by atoms with van der Waals surface area (Å²) in [7, 11) is 0. The first-order valence-corrected chi connectivity index (χ1v) is 8.88. The molecule has 0 bridgehead atoms. The van der Waals surface area contributed by atoms with Gasteiger partial charge in [-0.3, -0.25) is 9.69 Å². The summed E-state index contributed by atoms with van der Waals surface area (Å²) in [6.07, 6.45) is 3.59. The highest BCUT2D eigenvalue weighted by Gasteiger charge is 2.53. The summed E-state index contributed by atoms with van der Waals surface area (Å²) < 4.78 is 0. The van der Waals surface area contributed by atoms with E-state index in [-0.39, 0.29) is 11.9 Å². The van der Waals surface area contributed by atoms with Crippen molar-refractivity contribution in [2.45, 2.75) is 44.7 Å². The number of rotatable bonds is 2. The van der Waals surface area contributed by atoms with Crippen LogP contribution < -0.4 is 5.32 Å². The Morgan fingerprint density at radius 3 is 2.60 bits per heavy atom. The molecule has 1 unspecified atom stereocenters. The van der Waals surface area contributed by atoms with Crippen LogP contribution >= 0.6 is 0 Å². The van der Waals surface area contributed by atoms with Crippen LogP contribution in [0.3, 0.4) is 0 Å². The summed E-state index contributed by atoms with van der Waals surface area (Å²) in [5, 5.41) is 3.03. The predicted octanol–water partition coefficient (Wildman–Crippen LogP) is 3.67. The predicted molar refractivity (Wildman–Crippen MR) is 95.9 cm³/mol. The van der Waals surface area contributed by atoms with E-state index in [4.69, 9.17) is 0 Å². The zero-order valence-electron chi connectivity index (χ0n) is 14.4. The first-order valence-electron chi connectivity index (χ1n) is 8.88. The quantitative estimate of drug-likeness (QED) is 0.852. The monoisotopic (exact) mass is 334 g/mol. The number of aryl methyl sites for hydroxylation is 2. The zero-order chi connectivity index (χ0) is 17.4. The number of hydrogen-bond donors (Lipinski definition) is 1. The Kier molecular flexibility index (Phi) is 3.83. The van der Waals surface area contributed by atoms with E-state index in [2.05, 4.69) is 11.4 Å². The minimum atomic E-state index is -0.894. The van der Waals surface area contributed by atoms with Gasteiger partial charge < -0.3 is 5.32 Å². The Hall–Kier alpha value is -2.62. The maximum absolute atomic E-state index is 13.3.